The van der Waals surface area contributed by atoms with E-state index in [1.165, 1.54) is 0 Å². The molecule has 1 aliphatic rings. The molecule has 1 amide bonds. The number of pyridine rings is 1. The van der Waals surface area contributed by atoms with E-state index >= 15 is 0 Å². The summed E-state index contributed by atoms with van der Waals surface area (Å²) in [5.74, 6) is 0.193. The van der Waals surface area contributed by atoms with Crippen LogP contribution in [-0.4, -0.2) is 35.4 Å². The molecule has 1 aliphatic heterocycles. The molecule has 1 atom stereocenters. The van der Waals surface area contributed by atoms with E-state index in [9.17, 15) is 4.79 Å². The predicted octanol–water partition coefficient (Wildman–Crippen LogP) is 2.28. The minimum Gasteiger partial charge on any atom is -0.333 e. The van der Waals surface area contributed by atoms with Gasteiger partial charge < -0.3 is 10.2 Å². The van der Waals surface area contributed by atoms with E-state index in [4.69, 9.17) is 0 Å². The van der Waals surface area contributed by atoms with Crippen molar-refractivity contribution >= 4 is 29.7 Å². The fraction of sp³-hybridized carbons (Fsp3) is 0.333. The normalized spacial score (nSPS) is 18.1. The van der Waals surface area contributed by atoms with Gasteiger partial charge in [0.15, 0.2) is 0 Å². The van der Waals surface area contributed by atoms with Crippen LogP contribution in [0.4, 0.5) is 0 Å². The zero-order chi connectivity index (χ0) is 13.8. The van der Waals surface area contributed by atoms with Crippen LogP contribution in [0.2, 0.25) is 0 Å². The number of aromatic nitrogens is 1. The highest BCUT2D eigenvalue weighted by Crippen LogP contribution is 2.22. The highest BCUT2D eigenvalue weighted by molar-refractivity contribution is 7.07. The lowest BCUT2D eigenvalue weighted by Gasteiger charge is -2.36. The summed E-state index contributed by atoms with van der Waals surface area (Å²) in [6.07, 6.45) is 4.10. The van der Waals surface area contributed by atoms with Gasteiger partial charge in [-0.1, -0.05) is 6.07 Å². The second-order valence-corrected chi connectivity index (χ2v) is 5.68. The van der Waals surface area contributed by atoms with Gasteiger partial charge in [0, 0.05) is 32.0 Å². The van der Waals surface area contributed by atoms with Crippen molar-refractivity contribution in [3.63, 3.8) is 0 Å². The lowest BCUT2D eigenvalue weighted by atomic mass is 10.0. The van der Waals surface area contributed by atoms with Crippen LogP contribution >= 0.6 is 23.7 Å². The van der Waals surface area contributed by atoms with E-state index in [-0.39, 0.29) is 24.4 Å². The molecule has 3 rings (SSSR count). The fourth-order valence-corrected chi connectivity index (χ4v) is 3.21. The second-order valence-electron chi connectivity index (χ2n) is 4.90. The molecule has 0 radical (unpaired) electrons. The quantitative estimate of drug-likeness (QED) is 0.942. The maximum atomic E-state index is 12.5. The van der Waals surface area contributed by atoms with Gasteiger partial charge >= 0.3 is 0 Å². The first-order valence-electron chi connectivity index (χ1n) is 6.76. The largest absolute Gasteiger partial charge is 0.333 e. The van der Waals surface area contributed by atoms with Gasteiger partial charge in [-0.2, -0.15) is 11.3 Å². The number of rotatable bonds is 3. The van der Waals surface area contributed by atoms with E-state index in [0.717, 1.165) is 30.8 Å². The molecular weight excluding hydrogens is 306 g/mol. The lowest BCUT2D eigenvalue weighted by Crippen LogP contribution is -2.49. The Morgan fingerprint density at radius 3 is 3.10 bits per heavy atom. The number of hydrogen-bond acceptors (Lipinski definition) is 4. The number of amides is 1. The molecule has 1 fully saturated rings. The molecule has 1 N–H and O–H groups in total. The van der Waals surface area contributed by atoms with Gasteiger partial charge in [0.1, 0.15) is 0 Å². The van der Waals surface area contributed by atoms with Gasteiger partial charge in [-0.05, 0) is 34.0 Å². The number of nitrogens with zero attached hydrogens (tertiary/aromatic N) is 2. The standard InChI is InChI=1S/C15H17N3OS.ClH/c19-15(8-12-3-7-20-11-12)18-6-5-17-10-14(18)13-2-1-4-16-9-13;/h1-4,7,9,11,14,17H,5-6,8,10H2;1H. The Morgan fingerprint density at radius 1 is 1.48 bits per heavy atom. The van der Waals surface area contributed by atoms with Gasteiger partial charge in [-0.15, -0.1) is 12.4 Å². The summed E-state index contributed by atoms with van der Waals surface area (Å²) < 4.78 is 0. The van der Waals surface area contributed by atoms with Crippen molar-refractivity contribution in [2.45, 2.75) is 12.5 Å². The van der Waals surface area contributed by atoms with Crippen molar-refractivity contribution in [2.75, 3.05) is 19.6 Å². The highest BCUT2D eigenvalue weighted by Gasteiger charge is 2.27. The van der Waals surface area contributed by atoms with Crippen LogP contribution in [0.25, 0.3) is 0 Å². The smallest absolute Gasteiger partial charge is 0.227 e. The van der Waals surface area contributed by atoms with Crippen molar-refractivity contribution in [3.05, 3.63) is 52.5 Å². The Labute approximate surface area is 134 Å². The van der Waals surface area contributed by atoms with Crippen LogP contribution < -0.4 is 5.32 Å². The van der Waals surface area contributed by atoms with Crippen LogP contribution in [0, 0.1) is 0 Å². The first-order valence-corrected chi connectivity index (χ1v) is 7.70. The number of nitrogens with one attached hydrogen (secondary N) is 1. The molecule has 0 spiro atoms. The first-order chi connectivity index (χ1) is 9.84. The molecule has 2 aromatic rings. The summed E-state index contributed by atoms with van der Waals surface area (Å²) in [5, 5.41) is 7.41. The van der Waals surface area contributed by atoms with Crippen LogP contribution in [0.5, 0.6) is 0 Å². The Kier molecular flexibility index (Phi) is 5.73. The molecule has 21 heavy (non-hydrogen) atoms. The average molecular weight is 324 g/mol. The number of piperazine rings is 1. The van der Waals surface area contributed by atoms with Crippen LogP contribution in [0.15, 0.2) is 41.4 Å². The van der Waals surface area contributed by atoms with Crippen LogP contribution in [0.1, 0.15) is 17.2 Å². The Bertz CT molecular complexity index is 562. The third kappa shape index (κ3) is 3.81. The molecule has 0 saturated carbocycles. The SMILES string of the molecule is Cl.O=C(Cc1ccsc1)N1CCNCC1c1cccnc1. The minimum atomic E-state index is 0. The summed E-state index contributed by atoms with van der Waals surface area (Å²) in [6.45, 7) is 2.40. The molecule has 112 valence electrons. The topological polar surface area (TPSA) is 45.2 Å². The summed E-state index contributed by atoms with van der Waals surface area (Å²) in [5.41, 5.74) is 2.20. The monoisotopic (exact) mass is 323 g/mol. The average Bonchev–Trinajstić information content (AvgIpc) is 3.01. The molecule has 3 heterocycles. The summed E-state index contributed by atoms with van der Waals surface area (Å²) in [6, 6.07) is 6.06. The van der Waals surface area contributed by atoms with Gasteiger partial charge in [-0.25, -0.2) is 0 Å². The van der Waals surface area contributed by atoms with Gasteiger partial charge in [-0.3, -0.25) is 9.78 Å². The Balaban J connectivity index is 0.00000161. The molecule has 1 unspecified atom stereocenters. The molecule has 1 saturated heterocycles. The van der Waals surface area contributed by atoms with Crippen LogP contribution in [0.3, 0.4) is 0 Å². The summed E-state index contributed by atoms with van der Waals surface area (Å²) >= 11 is 1.63. The zero-order valence-electron chi connectivity index (χ0n) is 11.6. The fourth-order valence-electron chi connectivity index (χ4n) is 2.54. The van der Waals surface area contributed by atoms with Crippen molar-refractivity contribution in [1.29, 1.82) is 0 Å². The van der Waals surface area contributed by atoms with Crippen molar-refractivity contribution in [3.8, 4) is 0 Å². The molecule has 0 bridgehead atoms. The van der Waals surface area contributed by atoms with Gasteiger partial charge in [0.25, 0.3) is 0 Å². The van der Waals surface area contributed by atoms with Crippen molar-refractivity contribution in [2.24, 2.45) is 0 Å². The van der Waals surface area contributed by atoms with Crippen LogP contribution in [-0.2, 0) is 11.2 Å². The van der Waals surface area contributed by atoms with Crippen molar-refractivity contribution < 1.29 is 4.79 Å². The third-order valence-electron chi connectivity index (χ3n) is 3.57. The number of carbonyl (C=O) groups is 1. The van der Waals surface area contributed by atoms with Crippen molar-refractivity contribution in [1.82, 2.24) is 15.2 Å². The minimum absolute atomic E-state index is 0. The van der Waals surface area contributed by atoms with Gasteiger partial charge in [0.2, 0.25) is 5.91 Å². The van der Waals surface area contributed by atoms with E-state index in [1.54, 1.807) is 17.5 Å². The number of hydrogen-bond donors (Lipinski definition) is 1. The summed E-state index contributed by atoms with van der Waals surface area (Å²) in [7, 11) is 0. The zero-order valence-corrected chi connectivity index (χ0v) is 13.2. The molecule has 6 heteroatoms. The lowest BCUT2D eigenvalue weighted by molar-refractivity contribution is -0.133. The molecule has 4 nitrogen and oxygen atoms in total. The molecule has 2 aromatic heterocycles. The maximum Gasteiger partial charge on any atom is 0.227 e. The predicted molar refractivity (Wildman–Crippen MR) is 86.8 cm³/mol. The number of thiophene rings is 1. The molecular formula is C15H18ClN3OS. The van der Waals surface area contributed by atoms with E-state index in [1.807, 2.05) is 40.1 Å². The van der Waals surface area contributed by atoms with E-state index in [2.05, 4.69) is 10.3 Å². The number of carbonyl (C=O) groups excluding carboxylic acids is 1. The summed E-state index contributed by atoms with van der Waals surface area (Å²) in [4.78, 5) is 18.7. The molecule has 0 aliphatic carbocycles. The Morgan fingerprint density at radius 2 is 2.38 bits per heavy atom. The molecule has 0 aromatic carbocycles. The first kappa shape index (κ1) is 15.9. The third-order valence-corrected chi connectivity index (χ3v) is 4.30. The maximum absolute atomic E-state index is 12.5. The number of halogens is 1. The van der Waals surface area contributed by atoms with Gasteiger partial charge in [0.05, 0.1) is 12.5 Å². The Hall–Kier alpha value is -1.43. The van der Waals surface area contributed by atoms with E-state index < -0.39 is 0 Å². The highest BCUT2D eigenvalue weighted by atomic mass is 35.5. The second kappa shape index (κ2) is 7.54. The van der Waals surface area contributed by atoms with E-state index in [0.29, 0.717) is 6.42 Å².